The van der Waals surface area contributed by atoms with Crippen molar-refractivity contribution in [1.82, 2.24) is 0 Å². The third-order valence-electron chi connectivity index (χ3n) is 4.17. The van der Waals surface area contributed by atoms with Gasteiger partial charge in [0.1, 0.15) is 16.8 Å². The van der Waals surface area contributed by atoms with Crippen LogP contribution in [0.4, 0.5) is 5.00 Å². The molecule has 0 N–H and O–H groups in total. The minimum atomic E-state index is 0.436. The topological polar surface area (TPSA) is 45.4 Å². The second kappa shape index (κ2) is 7.14. The van der Waals surface area contributed by atoms with Crippen molar-refractivity contribution in [3.8, 4) is 11.8 Å². The number of thiophene rings is 1. The van der Waals surface area contributed by atoms with E-state index in [4.69, 9.17) is 27.9 Å². The van der Waals surface area contributed by atoms with Crippen molar-refractivity contribution < 1.29 is 4.74 Å². The van der Waals surface area contributed by atoms with Crippen LogP contribution in [0.2, 0.25) is 10.0 Å². The molecule has 6 heteroatoms. The molecular weight excluding hydrogens is 363 g/mol. The van der Waals surface area contributed by atoms with Crippen LogP contribution in [0.3, 0.4) is 0 Å². The number of benzene rings is 1. The molecule has 1 atom stereocenters. The van der Waals surface area contributed by atoms with Crippen molar-refractivity contribution in [2.45, 2.75) is 26.2 Å². The predicted molar refractivity (Wildman–Crippen MR) is 100 cm³/mol. The minimum absolute atomic E-state index is 0.436. The lowest BCUT2D eigenvalue weighted by Crippen LogP contribution is -2.09. The summed E-state index contributed by atoms with van der Waals surface area (Å²) in [7, 11) is 1.55. The maximum Gasteiger partial charge on any atom is 0.146 e. The molecule has 1 aromatic heterocycles. The summed E-state index contributed by atoms with van der Waals surface area (Å²) in [5, 5.41) is 11.2. The van der Waals surface area contributed by atoms with Crippen molar-refractivity contribution in [1.29, 1.82) is 5.26 Å². The van der Waals surface area contributed by atoms with Crippen molar-refractivity contribution in [2.24, 2.45) is 10.9 Å². The Morgan fingerprint density at radius 2 is 2.21 bits per heavy atom. The standard InChI is InChI=1S/C18H16Cl2N2OS/c1-10-3-4-13-14(8-21)18(24-16(13)5-10)22-9-11-6-12(19)7-15(20)17(11)23-2/h6-7,9-10H,3-5H2,1-2H3/t10-/m1/s1. The van der Waals surface area contributed by atoms with E-state index in [0.29, 0.717) is 32.8 Å². The van der Waals surface area contributed by atoms with Crippen LogP contribution in [-0.4, -0.2) is 13.3 Å². The monoisotopic (exact) mass is 378 g/mol. The molecule has 0 fully saturated rings. The Balaban J connectivity index is 2.01. The summed E-state index contributed by atoms with van der Waals surface area (Å²) in [4.78, 5) is 5.83. The average Bonchev–Trinajstić information content (AvgIpc) is 2.88. The van der Waals surface area contributed by atoms with E-state index >= 15 is 0 Å². The number of halogens is 2. The van der Waals surface area contributed by atoms with Crippen LogP contribution in [-0.2, 0) is 12.8 Å². The van der Waals surface area contributed by atoms with Gasteiger partial charge >= 0.3 is 0 Å². The van der Waals surface area contributed by atoms with Crippen molar-refractivity contribution in [2.75, 3.05) is 7.11 Å². The van der Waals surface area contributed by atoms with Gasteiger partial charge in [-0.05, 0) is 42.9 Å². The van der Waals surface area contributed by atoms with E-state index in [9.17, 15) is 5.26 Å². The van der Waals surface area contributed by atoms with Crippen LogP contribution in [0, 0.1) is 17.2 Å². The lowest BCUT2D eigenvalue weighted by Gasteiger charge is -2.17. The number of nitriles is 1. The normalized spacial score (nSPS) is 16.9. The molecule has 1 heterocycles. The Hall–Kier alpha value is -1.54. The van der Waals surface area contributed by atoms with Gasteiger partial charge in [-0.15, -0.1) is 11.3 Å². The summed E-state index contributed by atoms with van der Waals surface area (Å²) in [6, 6.07) is 5.70. The Morgan fingerprint density at radius 1 is 1.42 bits per heavy atom. The molecular formula is C18H16Cl2N2OS. The molecule has 1 aliphatic carbocycles. The van der Waals surface area contributed by atoms with Crippen LogP contribution < -0.4 is 4.74 Å². The highest BCUT2D eigenvalue weighted by Gasteiger charge is 2.23. The van der Waals surface area contributed by atoms with E-state index in [1.54, 1.807) is 36.8 Å². The molecule has 24 heavy (non-hydrogen) atoms. The van der Waals surface area contributed by atoms with Crippen LogP contribution in [0.1, 0.15) is 34.9 Å². The zero-order valence-electron chi connectivity index (χ0n) is 13.4. The summed E-state index contributed by atoms with van der Waals surface area (Å²) in [5.41, 5.74) is 2.56. The van der Waals surface area contributed by atoms with Gasteiger partial charge < -0.3 is 4.74 Å². The van der Waals surface area contributed by atoms with Crippen LogP contribution in [0.15, 0.2) is 17.1 Å². The van der Waals surface area contributed by atoms with Gasteiger partial charge in [0.15, 0.2) is 0 Å². The number of fused-ring (bicyclic) bond motifs is 1. The first-order valence-electron chi connectivity index (χ1n) is 7.65. The zero-order valence-corrected chi connectivity index (χ0v) is 15.7. The minimum Gasteiger partial charge on any atom is -0.495 e. The first kappa shape index (κ1) is 17.3. The Labute approximate surface area is 155 Å². The molecule has 0 bridgehead atoms. The number of ether oxygens (including phenoxy) is 1. The van der Waals surface area contributed by atoms with Gasteiger partial charge in [-0.2, -0.15) is 5.26 Å². The summed E-state index contributed by atoms with van der Waals surface area (Å²) in [6.45, 7) is 2.25. The van der Waals surface area contributed by atoms with E-state index < -0.39 is 0 Å². The molecule has 0 radical (unpaired) electrons. The molecule has 0 aliphatic heterocycles. The van der Waals surface area contributed by atoms with Crippen LogP contribution >= 0.6 is 34.5 Å². The molecule has 1 aliphatic rings. The second-order valence-corrected chi connectivity index (χ2v) is 7.84. The first-order chi connectivity index (χ1) is 11.5. The molecule has 3 rings (SSSR count). The van der Waals surface area contributed by atoms with Gasteiger partial charge in [0.25, 0.3) is 0 Å². The maximum atomic E-state index is 9.53. The lowest BCUT2D eigenvalue weighted by molar-refractivity contribution is 0.414. The predicted octanol–water partition coefficient (Wildman–Crippen LogP) is 5.81. The number of rotatable bonds is 3. The molecule has 2 aromatic rings. The van der Waals surface area contributed by atoms with E-state index in [-0.39, 0.29) is 0 Å². The molecule has 3 nitrogen and oxygen atoms in total. The van der Waals surface area contributed by atoms with E-state index in [1.165, 1.54) is 10.4 Å². The Bertz CT molecular complexity index is 852. The number of methoxy groups -OCH3 is 1. The second-order valence-electron chi connectivity index (χ2n) is 5.91. The zero-order chi connectivity index (χ0) is 17.3. The Kier molecular flexibility index (Phi) is 5.15. The Morgan fingerprint density at radius 3 is 2.92 bits per heavy atom. The fourth-order valence-electron chi connectivity index (χ4n) is 2.96. The first-order valence-corrected chi connectivity index (χ1v) is 9.22. The highest BCUT2D eigenvalue weighted by molar-refractivity contribution is 7.16. The smallest absolute Gasteiger partial charge is 0.146 e. The molecule has 124 valence electrons. The van der Waals surface area contributed by atoms with Crippen molar-refractivity contribution in [3.63, 3.8) is 0 Å². The molecule has 0 amide bonds. The lowest BCUT2D eigenvalue weighted by atomic mass is 9.89. The largest absolute Gasteiger partial charge is 0.495 e. The molecule has 0 unspecified atom stereocenters. The molecule has 0 saturated carbocycles. The summed E-state index contributed by atoms with van der Waals surface area (Å²) in [6.07, 6.45) is 4.77. The molecule has 1 aromatic carbocycles. The number of aliphatic imine (C=N–C) groups is 1. The van der Waals surface area contributed by atoms with E-state index in [1.807, 2.05) is 0 Å². The van der Waals surface area contributed by atoms with Crippen LogP contribution in [0.25, 0.3) is 0 Å². The fourth-order valence-corrected chi connectivity index (χ4v) is 4.85. The van der Waals surface area contributed by atoms with Gasteiger partial charge in [-0.3, -0.25) is 0 Å². The highest BCUT2D eigenvalue weighted by atomic mass is 35.5. The average molecular weight is 379 g/mol. The summed E-state index contributed by atoms with van der Waals surface area (Å²) in [5.74, 6) is 1.18. The van der Waals surface area contributed by atoms with Crippen LogP contribution in [0.5, 0.6) is 5.75 Å². The number of nitrogens with zero attached hydrogens (tertiary/aromatic N) is 2. The van der Waals surface area contributed by atoms with Gasteiger partial charge in [0.2, 0.25) is 0 Å². The number of hydrogen-bond donors (Lipinski definition) is 0. The maximum absolute atomic E-state index is 9.53. The van der Waals surface area contributed by atoms with E-state index in [2.05, 4.69) is 18.0 Å². The molecule has 0 spiro atoms. The summed E-state index contributed by atoms with van der Waals surface area (Å²) < 4.78 is 5.33. The van der Waals surface area contributed by atoms with Crippen molar-refractivity contribution in [3.05, 3.63) is 43.7 Å². The van der Waals surface area contributed by atoms with Crippen molar-refractivity contribution >= 4 is 45.8 Å². The van der Waals surface area contributed by atoms with E-state index in [0.717, 1.165) is 24.3 Å². The quantitative estimate of drug-likeness (QED) is 0.632. The van der Waals surface area contributed by atoms with Gasteiger partial charge in [0.05, 0.1) is 17.7 Å². The SMILES string of the molecule is COc1c(Cl)cc(Cl)cc1C=Nc1sc2c(c1C#N)CC[C@@H](C)C2. The summed E-state index contributed by atoms with van der Waals surface area (Å²) >= 11 is 13.8. The van der Waals surface area contributed by atoms with Gasteiger partial charge in [-0.1, -0.05) is 30.1 Å². The fraction of sp³-hybridized carbons (Fsp3) is 0.333. The highest BCUT2D eigenvalue weighted by Crippen LogP contribution is 2.41. The number of hydrogen-bond acceptors (Lipinski definition) is 4. The van der Waals surface area contributed by atoms with Gasteiger partial charge in [-0.25, -0.2) is 4.99 Å². The molecule has 0 saturated heterocycles. The van der Waals surface area contributed by atoms with Gasteiger partial charge in [0, 0.05) is 21.7 Å². The third-order valence-corrected chi connectivity index (χ3v) is 5.83. The third kappa shape index (κ3) is 3.30.